The van der Waals surface area contributed by atoms with Crippen LogP contribution in [-0.2, 0) is 0 Å². The summed E-state index contributed by atoms with van der Waals surface area (Å²) in [6.07, 6.45) is 3.46. The number of hydrogen-bond donors (Lipinski definition) is 1. The second-order valence-corrected chi connectivity index (χ2v) is 6.69. The van der Waals surface area contributed by atoms with E-state index in [0.717, 1.165) is 16.7 Å². The highest BCUT2D eigenvalue weighted by Crippen LogP contribution is 2.26. The van der Waals surface area contributed by atoms with Crippen molar-refractivity contribution in [3.63, 3.8) is 0 Å². The van der Waals surface area contributed by atoms with E-state index in [1.165, 1.54) is 0 Å². The maximum absolute atomic E-state index is 12.7. The van der Waals surface area contributed by atoms with Crippen molar-refractivity contribution in [2.24, 2.45) is 0 Å². The molecule has 134 valence electrons. The van der Waals surface area contributed by atoms with Crippen molar-refractivity contribution in [3.05, 3.63) is 89.3 Å². The fourth-order valence-electron chi connectivity index (χ4n) is 2.95. The van der Waals surface area contributed by atoms with E-state index in [1.54, 1.807) is 23.0 Å². The van der Waals surface area contributed by atoms with Crippen LogP contribution in [0.1, 0.15) is 29.0 Å². The Bertz CT molecular complexity index is 1110. The average Bonchev–Trinajstić information content (AvgIpc) is 3.12. The third-order valence-corrected chi connectivity index (χ3v) is 4.62. The van der Waals surface area contributed by atoms with Crippen molar-refractivity contribution < 1.29 is 4.79 Å². The summed E-state index contributed by atoms with van der Waals surface area (Å²) < 4.78 is 1.65. The van der Waals surface area contributed by atoms with Crippen molar-refractivity contribution in [1.29, 1.82) is 0 Å². The third-order valence-electron chi connectivity index (χ3n) is 4.38. The van der Waals surface area contributed by atoms with Crippen LogP contribution >= 0.6 is 11.6 Å². The van der Waals surface area contributed by atoms with E-state index in [2.05, 4.69) is 15.4 Å². The molecular weight excluding hydrogens is 360 g/mol. The van der Waals surface area contributed by atoms with Gasteiger partial charge in [-0.3, -0.25) is 4.79 Å². The van der Waals surface area contributed by atoms with Crippen LogP contribution in [0.2, 0.25) is 5.02 Å². The van der Waals surface area contributed by atoms with Gasteiger partial charge in [0.2, 0.25) is 0 Å². The summed E-state index contributed by atoms with van der Waals surface area (Å²) in [6, 6.07) is 18.8. The van der Waals surface area contributed by atoms with Gasteiger partial charge in [-0.25, -0.2) is 9.50 Å². The highest BCUT2D eigenvalue weighted by atomic mass is 35.5. The number of nitrogens with zero attached hydrogens (tertiary/aromatic N) is 3. The van der Waals surface area contributed by atoms with Crippen LogP contribution in [0.5, 0.6) is 0 Å². The zero-order chi connectivity index (χ0) is 18.8. The van der Waals surface area contributed by atoms with E-state index < -0.39 is 0 Å². The quantitative estimate of drug-likeness (QED) is 0.568. The molecule has 4 rings (SSSR count). The maximum Gasteiger partial charge on any atom is 0.270 e. The number of halogens is 1. The molecule has 0 aliphatic carbocycles. The first-order valence-electron chi connectivity index (χ1n) is 8.58. The van der Waals surface area contributed by atoms with Gasteiger partial charge in [0.25, 0.3) is 5.91 Å². The number of hydrogen-bond acceptors (Lipinski definition) is 3. The van der Waals surface area contributed by atoms with Crippen LogP contribution in [0.15, 0.2) is 73.1 Å². The summed E-state index contributed by atoms with van der Waals surface area (Å²) >= 11 is 6.10. The zero-order valence-corrected chi connectivity index (χ0v) is 15.4. The van der Waals surface area contributed by atoms with E-state index in [0.29, 0.717) is 16.4 Å². The Kier molecular flexibility index (Phi) is 4.60. The minimum atomic E-state index is -0.230. The van der Waals surface area contributed by atoms with Crippen molar-refractivity contribution in [2.45, 2.75) is 13.0 Å². The second-order valence-electron chi connectivity index (χ2n) is 6.26. The molecule has 0 unspecified atom stereocenters. The highest BCUT2D eigenvalue weighted by molar-refractivity contribution is 6.30. The number of carbonyl (C=O) groups is 1. The molecule has 2 aromatic carbocycles. The summed E-state index contributed by atoms with van der Waals surface area (Å²) in [5.74, 6) is -0.230. The molecule has 0 bridgehead atoms. The molecule has 5 nitrogen and oxygen atoms in total. The molecule has 0 saturated heterocycles. The van der Waals surface area contributed by atoms with Gasteiger partial charge in [-0.2, -0.15) is 5.10 Å². The number of rotatable bonds is 4. The first-order valence-corrected chi connectivity index (χ1v) is 8.96. The normalized spacial score (nSPS) is 12.1. The average molecular weight is 377 g/mol. The Labute approximate surface area is 161 Å². The van der Waals surface area contributed by atoms with Crippen molar-refractivity contribution >= 4 is 23.2 Å². The number of amides is 1. The molecule has 0 spiro atoms. The van der Waals surface area contributed by atoms with E-state index in [-0.39, 0.29) is 11.9 Å². The van der Waals surface area contributed by atoms with E-state index in [1.807, 2.05) is 61.5 Å². The molecule has 0 aliphatic rings. The lowest BCUT2D eigenvalue weighted by atomic mass is 10.1. The van der Waals surface area contributed by atoms with Crippen LogP contribution in [0.25, 0.3) is 16.8 Å². The molecule has 1 amide bonds. The Morgan fingerprint density at radius 1 is 1.11 bits per heavy atom. The topological polar surface area (TPSA) is 59.3 Å². The molecule has 2 heterocycles. The molecule has 4 aromatic rings. The highest BCUT2D eigenvalue weighted by Gasteiger charge is 2.15. The number of benzene rings is 2. The Morgan fingerprint density at radius 3 is 2.70 bits per heavy atom. The number of fused-ring (bicyclic) bond motifs is 1. The van der Waals surface area contributed by atoms with Crippen molar-refractivity contribution in [2.75, 3.05) is 0 Å². The summed E-state index contributed by atoms with van der Waals surface area (Å²) in [7, 11) is 0. The summed E-state index contributed by atoms with van der Waals surface area (Å²) in [4.78, 5) is 17.2. The third kappa shape index (κ3) is 3.55. The molecular formula is C21H17ClN4O. The van der Waals surface area contributed by atoms with Crippen LogP contribution in [-0.4, -0.2) is 20.5 Å². The van der Waals surface area contributed by atoms with Crippen molar-refractivity contribution in [1.82, 2.24) is 19.9 Å². The Morgan fingerprint density at radius 2 is 1.93 bits per heavy atom. The SMILES string of the molecule is C[C@H](NC(=O)c1ccn2ncc(-c3cccc(Cl)c3)c2n1)c1ccccc1. The van der Waals surface area contributed by atoms with Gasteiger partial charge in [0.05, 0.1) is 12.2 Å². The lowest BCUT2D eigenvalue weighted by molar-refractivity contribution is 0.0935. The number of nitrogens with one attached hydrogen (secondary N) is 1. The van der Waals surface area contributed by atoms with E-state index >= 15 is 0 Å². The Hall–Kier alpha value is -3.18. The van der Waals surface area contributed by atoms with Crippen molar-refractivity contribution in [3.8, 4) is 11.1 Å². The minimum absolute atomic E-state index is 0.117. The minimum Gasteiger partial charge on any atom is -0.344 e. The van der Waals surface area contributed by atoms with Crippen LogP contribution in [0.3, 0.4) is 0 Å². The number of carbonyl (C=O) groups excluding carboxylic acids is 1. The second kappa shape index (κ2) is 7.21. The zero-order valence-electron chi connectivity index (χ0n) is 14.6. The van der Waals surface area contributed by atoms with Gasteiger partial charge in [0.15, 0.2) is 5.65 Å². The van der Waals surface area contributed by atoms with Gasteiger partial charge in [0, 0.05) is 16.8 Å². The maximum atomic E-state index is 12.7. The number of aromatic nitrogens is 3. The lowest BCUT2D eigenvalue weighted by Gasteiger charge is -2.14. The largest absolute Gasteiger partial charge is 0.344 e. The van der Waals surface area contributed by atoms with Gasteiger partial charge >= 0.3 is 0 Å². The summed E-state index contributed by atoms with van der Waals surface area (Å²) in [5.41, 5.74) is 3.71. The molecule has 27 heavy (non-hydrogen) atoms. The molecule has 0 aliphatic heterocycles. The molecule has 0 radical (unpaired) electrons. The standard InChI is InChI=1S/C21H17ClN4O/c1-14(15-6-3-2-4-7-15)24-21(27)19-10-11-26-20(25-19)18(13-23-26)16-8-5-9-17(22)12-16/h2-14H,1H3,(H,24,27)/t14-/m0/s1. The molecule has 0 saturated carbocycles. The lowest BCUT2D eigenvalue weighted by Crippen LogP contribution is -2.27. The summed E-state index contributed by atoms with van der Waals surface area (Å²) in [5, 5.41) is 7.94. The van der Waals surface area contributed by atoms with Gasteiger partial charge in [-0.05, 0) is 36.2 Å². The summed E-state index contributed by atoms with van der Waals surface area (Å²) in [6.45, 7) is 1.95. The molecule has 0 fully saturated rings. The predicted octanol–water partition coefficient (Wildman–Crippen LogP) is 4.54. The van der Waals surface area contributed by atoms with Gasteiger partial charge in [0.1, 0.15) is 5.69 Å². The monoisotopic (exact) mass is 376 g/mol. The molecule has 1 atom stereocenters. The first kappa shape index (κ1) is 17.2. The molecule has 2 aromatic heterocycles. The molecule has 6 heteroatoms. The van der Waals surface area contributed by atoms with Crippen LogP contribution in [0.4, 0.5) is 0 Å². The van der Waals surface area contributed by atoms with E-state index in [4.69, 9.17) is 11.6 Å². The predicted molar refractivity (Wildman–Crippen MR) is 106 cm³/mol. The van der Waals surface area contributed by atoms with Gasteiger partial charge in [-0.1, -0.05) is 54.1 Å². The first-order chi connectivity index (χ1) is 13.1. The smallest absolute Gasteiger partial charge is 0.270 e. The van der Waals surface area contributed by atoms with Crippen LogP contribution < -0.4 is 5.32 Å². The fraction of sp³-hybridized carbons (Fsp3) is 0.0952. The van der Waals surface area contributed by atoms with Crippen LogP contribution in [0, 0.1) is 0 Å². The van der Waals surface area contributed by atoms with Gasteiger partial charge < -0.3 is 5.32 Å². The molecule has 1 N–H and O–H groups in total. The van der Waals surface area contributed by atoms with E-state index in [9.17, 15) is 4.79 Å². The fourth-order valence-corrected chi connectivity index (χ4v) is 3.14. The van der Waals surface area contributed by atoms with Gasteiger partial charge in [-0.15, -0.1) is 0 Å². The Balaban J connectivity index is 1.65.